The molecule has 1 aromatic heterocycles. The van der Waals surface area contributed by atoms with Crippen LogP contribution in [0.1, 0.15) is 80.9 Å². The van der Waals surface area contributed by atoms with Crippen LogP contribution < -0.4 is 10.6 Å². The Morgan fingerprint density at radius 1 is 0.953 bits per heavy atom. The number of aliphatic hydroxyl groups excluding tert-OH is 1. The lowest BCUT2D eigenvalue weighted by Crippen LogP contribution is -2.52. The summed E-state index contributed by atoms with van der Waals surface area (Å²) in [4.78, 5) is 13.7. The van der Waals surface area contributed by atoms with Crippen molar-refractivity contribution in [3.05, 3.63) is 107 Å². The van der Waals surface area contributed by atoms with Crippen LogP contribution in [0, 0.1) is 5.92 Å². The summed E-state index contributed by atoms with van der Waals surface area (Å²) in [6, 6.07) is 26.2. The molecular formula is C38H51N3O2. The predicted octanol–water partition coefficient (Wildman–Crippen LogP) is 7.34. The van der Waals surface area contributed by atoms with Gasteiger partial charge in [-0.25, -0.2) is 0 Å². The van der Waals surface area contributed by atoms with Gasteiger partial charge in [-0.1, -0.05) is 94.3 Å². The third-order valence-corrected chi connectivity index (χ3v) is 8.54. The van der Waals surface area contributed by atoms with Crippen LogP contribution in [0.4, 0.5) is 0 Å². The highest BCUT2D eigenvalue weighted by atomic mass is 16.3. The van der Waals surface area contributed by atoms with Gasteiger partial charge in [-0.2, -0.15) is 0 Å². The van der Waals surface area contributed by atoms with Gasteiger partial charge in [0.15, 0.2) is 0 Å². The lowest BCUT2D eigenvalue weighted by molar-refractivity contribution is 0.0812. The minimum absolute atomic E-state index is 0.0908. The van der Waals surface area contributed by atoms with E-state index in [2.05, 4.69) is 86.3 Å². The Bertz CT molecular complexity index is 1430. The highest BCUT2D eigenvalue weighted by Gasteiger charge is 2.26. The summed E-state index contributed by atoms with van der Waals surface area (Å²) in [6.45, 7) is 12.3. The van der Waals surface area contributed by atoms with Crippen LogP contribution in [0.2, 0.25) is 0 Å². The summed E-state index contributed by atoms with van der Waals surface area (Å²) in [5.74, 6) is 0.532. The summed E-state index contributed by atoms with van der Waals surface area (Å²) >= 11 is 0. The molecule has 0 radical (unpaired) electrons. The number of nitrogens with one attached hydrogen (secondary N) is 2. The zero-order chi connectivity index (χ0) is 30.8. The summed E-state index contributed by atoms with van der Waals surface area (Å²) < 4.78 is 2.30. The molecule has 3 N–H and O–H groups in total. The first kappa shape index (κ1) is 32.5. The minimum Gasteiger partial charge on any atom is -0.390 e. The number of hydrogen-bond acceptors (Lipinski definition) is 3. The molecule has 0 aliphatic rings. The van der Waals surface area contributed by atoms with Crippen molar-refractivity contribution < 1.29 is 9.90 Å². The lowest BCUT2D eigenvalue weighted by Gasteiger charge is -2.31. The first-order chi connectivity index (χ1) is 20.6. The van der Waals surface area contributed by atoms with Gasteiger partial charge in [0.1, 0.15) is 0 Å². The fraction of sp³-hybridized carbons (Fsp3) is 0.447. The molecule has 3 aromatic carbocycles. The van der Waals surface area contributed by atoms with Crippen LogP contribution in [0.3, 0.4) is 0 Å². The highest BCUT2D eigenvalue weighted by molar-refractivity contribution is 5.99. The molecule has 230 valence electrons. The topological polar surface area (TPSA) is 66.3 Å². The standard InChI is InChI=1S/C38H51N3O2/c1-6-31-27-41(23-21-29-15-9-7-10-16-29)35-20-19-32(25-33(31)35)37(43)40-34(24-30-17-11-8-12-18-30)36(42)26-39-38(4,5)22-13-14-28(2)3/h7-12,15-20,25,27-28,34,36,39,42H,6,13-14,21-24,26H2,1-5H3,(H,40,43)/t34-,36+/m0/s1. The molecule has 0 fully saturated rings. The maximum atomic E-state index is 13.7. The number of rotatable bonds is 16. The number of nitrogens with zero attached hydrogens (tertiary/aromatic N) is 1. The number of carbonyl (C=O) groups excluding carboxylic acids is 1. The number of hydrogen-bond donors (Lipinski definition) is 3. The van der Waals surface area contributed by atoms with Crippen LogP contribution in [-0.4, -0.2) is 39.8 Å². The largest absolute Gasteiger partial charge is 0.390 e. The molecule has 1 amide bonds. The fourth-order valence-electron chi connectivity index (χ4n) is 5.84. The number of amides is 1. The van der Waals surface area contributed by atoms with E-state index in [4.69, 9.17) is 0 Å². The smallest absolute Gasteiger partial charge is 0.251 e. The number of carbonyl (C=O) groups is 1. The van der Waals surface area contributed by atoms with Crippen LogP contribution >= 0.6 is 0 Å². The van der Waals surface area contributed by atoms with Gasteiger partial charge in [-0.05, 0) is 80.3 Å². The SMILES string of the molecule is CCc1cn(CCc2ccccc2)c2ccc(C(=O)N[C@@H](Cc3ccccc3)[C@H](O)CNC(C)(C)CCCC(C)C)cc12. The maximum absolute atomic E-state index is 13.7. The number of aliphatic hydroxyl groups is 1. The normalized spacial score (nSPS) is 13.4. The third kappa shape index (κ3) is 9.54. The summed E-state index contributed by atoms with van der Waals surface area (Å²) in [5.41, 5.74) is 5.32. The van der Waals surface area contributed by atoms with Crippen molar-refractivity contribution in [2.24, 2.45) is 5.92 Å². The number of β-amino-alcohol motifs (C(OH)–C–C–N with tert-alkyl or cyclic N) is 1. The van der Waals surface area contributed by atoms with Gasteiger partial charge < -0.3 is 20.3 Å². The van der Waals surface area contributed by atoms with Crippen molar-refractivity contribution in [3.8, 4) is 0 Å². The molecule has 2 atom stereocenters. The number of aryl methyl sites for hydroxylation is 3. The second-order valence-corrected chi connectivity index (χ2v) is 13.1. The third-order valence-electron chi connectivity index (χ3n) is 8.54. The Labute approximate surface area is 258 Å². The Kier molecular flexibility index (Phi) is 11.6. The van der Waals surface area contributed by atoms with E-state index in [0.717, 1.165) is 48.7 Å². The molecule has 1 heterocycles. The van der Waals surface area contributed by atoms with Gasteiger partial charge in [0, 0.05) is 41.3 Å². The number of aromatic nitrogens is 1. The molecule has 0 saturated heterocycles. The van der Waals surface area contributed by atoms with E-state index in [1.165, 1.54) is 17.5 Å². The van der Waals surface area contributed by atoms with E-state index < -0.39 is 12.1 Å². The summed E-state index contributed by atoms with van der Waals surface area (Å²) in [7, 11) is 0. The van der Waals surface area contributed by atoms with Gasteiger partial charge in [0.25, 0.3) is 5.91 Å². The van der Waals surface area contributed by atoms with Crippen molar-refractivity contribution in [1.29, 1.82) is 0 Å². The number of fused-ring (bicyclic) bond motifs is 1. The van der Waals surface area contributed by atoms with Crippen LogP contribution in [-0.2, 0) is 25.8 Å². The molecule has 4 aromatic rings. The fourth-order valence-corrected chi connectivity index (χ4v) is 5.84. The lowest BCUT2D eigenvalue weighted by atomic mass is 9.93. The summed E-state index contributed by atoms with van der Waals surface area (Å²) in [5, 5.41) is 19.3. The average Bonchev–Trinajstić information content (AvgIpc) is 3.36. The van der Waals surface area contributed by atoms with Gasteiger partial charge in [0.2, 0.25) is 0 Å². The van der Waals surface area contributed by atoms with E-state index in [1.54, 1.807) is 0 Å². The summed E-state index contributed by atoms with van der Waals surface area (Å²) in [6.07, 6.45) is 7.29. The van der Waals surface area contributed by atoms with Crippen LogP contribution in [0.25, 0.3) is 10.9 Å². The second kappa shape index (κ2) is 15.4. The molecule has 0 bridgehead atoms. The van der Waals surface area contributed by atoms with Gasteiger partial charge >= 0.3 is 0 Å². The molecule has 5 heteroatoms. The van der Waals surface area contributed by atoms with Crippen LogP contribution in [0.5, 0.6) is 0 Å². The van der Waals surface area contributed by atoms with E-state index in [0.29, 0.717) is 24.4 Å². The highest BCUT2D eigenvalue weighted by Crippen LogP contribution is 2.25. The molecule has 0 aliphatic heterocycles. The molecule has 0 saturated carbocycles. The van der Waals surface area contributed by atoms with Crippen molar-refractivity contribution in [1.82, 2.24) is 15.2 Å². The van der Waals surface area contributed by atoms with Gasteiger partial charge in [0.05, 0.1) is 12.1 Å². The Balaban J connectivity index is 1.48. The Morgan fingerprint density at radius 2 is 1.63 bits per heavy atom. The molecular weight excluding hydrogens is 530 g/mol. The van der Waals surface area contributed by atoms with E-state index in [-0.39, 0.29) is 11.4 Å². The van der Waals surface area contributed by atoms with Crippen molar-refractivity contribution in [2.75, 3.05) is 6.54 Å². The average molecular weight is 582 g/mol. The quantitative estimate of drug-likeness (QED) is 0.130. The second-order valence-electron chi connectivity index (χ2n) is 13.1. The Morgan fingerprint density at radius 3 is 2.28 bits per heavy atom. The monoisotopic (exact) mass is 581 g/mol. The zero-order valence-corrected chi connectivity index (χ0v) is 26.8. The molecule has 43 heavy (non-hydrogen) atoms. The maximum Gasteiger partial charge on any atom is 0.251 e. The van der Waals surface area contributed by atoms with Crippen LogP contribution in [0.15, 0.2) is 85.1 Å². The van der Waals surface area contributed by atoms with E-state index >= 15 is 0 Å². The predicted molar refractivity (Wildman–Crippen MR) is 180 cm³/mol. The zero-order valence-electron chi connectivity index (χ0n) is 26.8. The number of benzene rings is 3. The molecule has 0 unspecified atom stereocenters. The van der Waals surface area contributed by atoms with E-state index in [1.807, 2.05) is 48.5 Å². The molecule has 0 spiro atoms. The van der Waals surface area contributed by atoms with Crippen molar-refractivity contribution >= 4 is 16.8 Å². The first-order valence-corrected chi connectivity index (χ1v) is 16.1. The molecule has 5 nitrogen and oxygen atoms in total. The van der Waals surface area contributed by atoms with Crippen molar-refractivity contribution in [3.63, 3.8) is 0 Å². The Hall–Kier alpha value is -3.41. The van der Waals surface area contributed by atoms with Gasteiger partial charge in [-0.3, -0.25) is 4.79 Å². The molecule has 4 rings (SSSR count). The van der Waals surface area contributed by atoms with E-state index in [9.17, 15) is 9.90 Å². The van der Waals surface area contributed by atoms with Crippen molar-refractivity contribution in [2.45, 2.75) is 97.4 Å². The molecule has 0 aliphatic carbocycles. The van der Waals surface area contributed by atoms with Gasteiger partial charge in [-0.15, -0.1) is 0 Å². The minimum atomic E-state index is -0.734. The first-order valence-electron chi connectivity index (χ1n) is 16.1.